The number of benzene rings is 1. The highest BCUT2D eigenvalue weighted by Gasteiger charge is 2.33. The van der Waals surface area contributed by atoms with Crippen LogP contribution < -0.4 is 0 Å². The summed E-state index contributed by atoms with van der Waals surface area (Å²) in [5.74, 6) is 0.159. The van der Waals surface area contributed by atoms with Crippen molar-refractivity contribution < 1.29 is 22.7 Å². The van der Waals surface area contributed by atoms with E-state index in [1.807, 2.05) is 12.1 Å². The third kappa shape index (κ3) is 4.02. The summed E-state index contributed by atoms with van der Waals surface area (Å²) in [5, 5.41) is 8.14. The number of methoxy groups -OCH3 is 1. The summed E-state index contributed by atoms with van der Waals surface area (Å²) in [6, 6.07) is 9.54. The minimum Gasteiger partial charge on any atom is -0.380 e. The lowest BCUT2D eigenvalue weighted by molar-refractivity contribution is -0.137. The van der Waals surface area contributed by atoms with E-state index < -0.39 is 11.7 Å². The SMILES string of the molecule is COCc1ccc(C(=O)N2CCCC(c3nnc4ccc(C(F)(F)F)cn34)C2)cc1. The Bertz CT molecular complexity index is 1050. The van der Waals surface area contributed by atoms with Crippen LogP contribution in [0.5, 0.6) is 0 Å². The number of halogens is 3. The fourth-order valence-corrected chi connectivity index (χ4v) is 3.82. The highest BCUT2D eigenvalue weighted by molar-refractivity contribution is 5.94. The molecule has 1 unspecified atom stereocenters. The molecule has 1 atom stereocenters. The van der Waals surface area contributed by atoms with Crippen molar-refractivity contribution in [2.24, 2.45) is 0 Å². The third-order valence-electron chi connectivity index (χ3n) is 5.34. The first-order chi connectivity index (χ1) is 14.4. The number of amides is 1. The van der Waals surface area contributed by atoms with Gasteiger partial charge in [-0.25, -0.2) is 0 Å². The number of nitrogens with zero attached hydrogens (tertiary/aromatic N) is 4. The zero-order valence-electron chi connectivity index (χ0n) is 16.4. The Morgan fingerprint density at radius 1 is 1.17 bits per heavy atom. The molecule has 1 aliphatic rings. The molecule has 1 amide bonds. The van der Waals surface area contributed by atoms with Crippen LogP contribution in [0.15, 0.2) is 42.6 Å². The lowest BCUT2D eigenvalue weighted by atomic mass is 9.96. The number of carbonyl (C=O) groups excluding carboxylic acids is 1. The maximum absolute atomic E-state index is 13.1. The van der Waals surface area contributed by atoms with Gasteiger partial charge in [-0.3, -0.25) is 9.20 Å². The summed E-state index contributed by atoms with van der Waals surface area (Å²) in [6.07, 6.45) is -1.95. The Morgan fingerprint density at radius 2 is 1.93 bits per heavy atom. The number of fused-ring (bicyclic) bond motifs is 1. The number of likely N-dealkylation sites (tertiary alicyclic amines) is 1. The Balaban J connectivity index is 1.56. The van der Waals surface area contributed by atoms with E-state index >= 15 is 0 Å². The zero-order valence-corrected chi connectivity index (χ0v) is 16.4. The van der Waals surface area contributed by atoms with Crippen LogP contribution in [0, 0.1) is 0 Å². The van der Waals surface area contributed by atoms with Gasteiger partial charge in [-0.2, -0.15) is 13.2 Å². The molecule has 6 nitrogen and oxygen atoms in total. The molecule has 1 aromatic carbocycles. The molecule has 3 aromatic rings. The van der Waals surface area contributed by atoms with E-state index in [4.69, 9.17) is 4.74 Å². The summed E-state index contributed by atoms with van der Waals surface area (Å²) >= 11 is 0. The van der Waals surface area contributed by atoms with Crippen molar-refractivity contribution >= 4 is 11.6 Å². The first kappa shape index (κ1) is 20.3. The van der Waals surface area contributed by atoms with Crippen molar-refractivity contribution in [3.05, 3.63) is 65.1 Å². The van der Waals surface area contributed by atoms with Crippen LogP contribution in [0.25, 0.3) is 5.65 Å². The van der Waals surface area contributed by atoms with Crippen LogP contribution >= 0.6 is 0 Å². The van der Waals surface area contributed by atoms with Crippen molar-refractivity contribution in [2.75, 3.05) is 20.2 Å². The molecule has 30 heavy (non-hydrogen) atoms. The molecule has 4 rings (SSSR count). The van der Waals surface area contributed by atoms with E-state index in [1.165, 1.54) is 10.5 Å². The van der Waals surface area contributed by atoms with Gasteiger partial charge in [0.1, 0.15) is 5.82 Å². The summed E-state index contributed by atoms with van der Waals surface area (Å²) in [4.78, 5) is 14.7. The number of hydrogen-bond acceptors (Lipinski definition) is 4. The molecular formula is C21H21F3N4O2. The predicted molar refractivity (Wildman–Crippen MR) is 103 cm³/mol. The normalized spacial score (nSPS) is 17.5. The number of rotatable bonds is 4. The van der Waals surface area contributed by atoms with E-state index in [-0.39, 0.29) is 11.8 Å². The molecule has 158 valence electrons. The van der Waals surface area contributed by atoms with Crippen LogP contribution in [-0.4, -0.2) is 45.6 Å². The molecule has 0 N–H and O–H groups in total. The van der Waals surface area contributed by atoms with E-state index in [2.05, 4.69) is 10.2 Å². The number of alkyl halides is 3. The highest BCUT2D eigenvalue weighted by Crippen LogP contribution is 2.31. The monoisotopic (exact) mass is 418 g/mol. The molecule has 0 spiro atoms. The number of pyridine rings is 1. The zero-order chi connectivity index (χ0) is 21.3. The minimum absolute atomic E-state index is 0.103. The van der Waals surface area contributed by atoms with Gasteiger partial charge in [0, 0.05) is 37.9 Å². The molecule has 0 aliphatic carbocycles. The van der Waals surface area contributed by atoms with Crippen LogP contribution in [0.1, 0.15) is 46.1 Å². The second kappa shape index (κ2) is 8.06. The van der Waals surface area contributed by atoms with E-state index in [9.17, 15) is 18.0 Å². The molecule has 2 aromatic heterocycles. The summed E-state index contributed by atoms with van der Waals surface area (Å²) in [6.45, 7) is 1.45. The predicted octanol–water partition coefficient (Wildman–Crippen LogP) is 3.91. The fourth-order valence-electron chi connectivity index (χ4n) is 3.82. The van der Waals surface area contributed by atoms with Crippen LogP contribution in [0.4, 0.5) is 13.2 Å². The standard InChI is InChI=1S/C21H21F3N4O2/c1-30-13-14-4-6-15(7-5-14)20(29)27-10-2-3-16(11-27)19-26-25-18-9-8-17(12-28(18)19)21(22,23)24/h4-9,12,16H,2-3,10-11,13H2,1H3. The van der Waals surface area contributed by atoms with Gasteiger partial charge in [0.25, 0.3) is 5.91 Å². The van der Waals surface area contributed by atoms with Gasteiger partial charge in [-0.05, 0) is 42.7 Å². The molecule has 0 bridgehead atoms. The first-order valence-electron chi connectivity index (χ1n) is 9.66. The third-order valence-corrected chi connectivity index (χ3v) is 5.34. The topological polar surface area (TPSA) is 59.7 Å². The summed E-state index contributed by atoms with van der Waals surface area (Å²) < 4.78 is 45.8. The van der Waals surface area contributed by atoms with Crippen LogP contribution in [-0.2, 0) is 17.5 Å². The van der Waals surface area contributed by atoms with Gasteiger partial charge >= 0.3 is 6.18 Å². The molecule has 0 radical (unpaired) electrons. The summed E-state index contributed by atoms with van der Waals surface area (Å²) in [7, 11) is 1.61. The average molecular weight is 418 g/mol. The Hall–Kier alpha value is -2.94. The number of piperidine rings is 1. The second-order valence-corrected chi connectivity index (χ2v) is 7.42. The van der Waals surface area contributed by atoms with Gasteiger partial charge < -0.3 is 9.64 Å². The maximum Gasteiger partial charge on any atom is 0.417 e. The number of aromatic nitrogens is 3. The van der Waals surface area contributed by atoms with Gasteiger partial charge in [0.15, 0.2) is 5.65 Å². The van der Waals surface area contributed by atoms with Crippen molar-refractivity contribution in [3.8, 4) is 0 Å². The molecule has 1 aliphatic heterocycles. The Kier molecular flexibility index (Phi) is 5.46. The molecule has 0 saturated carbocycles. The number of ether oxygens (including phenoxy) is 1. The Morgan fingerprint density at radius 3 is 2.63 bits per heavy atom. The van der Waals surface area contributed by atoms with Crippen LogP contribution in [0.3, 0.4) is 0 Å². The van der Waals surface area contributed by atoms with Gasteiger partial charge in [-0.15, -0.1) is 10.2 Å². The number of carbonyl (C=O) groups is 1. The second-order valence-electron chi connectivity index (χ2n) is 7.42. The number of hydrogen-bond donors (Lipinski definition) is 0. The fraction of sp³-hybridized carbons (Fsp3) is 0.381. The largest absolute Gasteiger partial charge is 0.417 e. The van der Waals surface area contributed by atoms with Crippen molar-refractivity contribution in [1.82, 2.24) is 19.5 Å². The van der Waals surface area contributed by atoms with Gasteiger partial charge in [0.05, 0.1) is 12.2 Å². The minimum atomic E-state index is -4.45. The average Bonchev–Trinajstić information content (AvgIpc) is 3.17. The van der Waals surface area contributed by atoms with Gasteiger partial charge in [-0.1, -0.05) is 12.1 Å². The lowest BCUT2D eigenvalue weighted by Gasteiger charge is -2.32. The Labute approximate surface area is 171 Å². The molecule has 3 heterocycles. The van der Waals surface area contributed by atoms with Crippen molar-refractivity contribution in [3.63, 3.8) is 0 Å². The van der Waals surface area contributed by atoms with E-state index in [0.29, 0.717) is 36.7 Å². The van der Waals surface area contributed by atoms with Crippen LogP contribution in [0.2, 0.25) is 0 Å². The molecule has 9 heteroatoms. The van der Waals surface area contributed by atoms with E-state index in [0.717, 1.165) is 30.7 Å². The quantitative estimate of drug-likeness (QED) is 0.645. The molecule has 1 saturated heterocycles. The first-order valence-corrected chi connectivity index (χ1v) is 9.66. The molecule has 1 fully saturated rings. The maximum atomic E-state index is 13.1. The van der Waals surface area contributed by atoms with Gasteiger partial charge in [0.2, 0.25) is 0 Å². The highest BCUT2D eigenvalue weighted by atomic mass is 19.4. The lowest BCUT2D eigenvalue weighted by Crippen LogP contribution is -2.39. The van der Waals surface area contributed by atoms with E-state index in [1.54, 1.807) is 24.1 Å². The van der Waals surface area contributed by atoms with Crippen molar-refractivity contribution in [1.29, 1.82) is 0 Å². The summed E-state index contributed by atoms with van der Waals surface area (Å²) in [5.41, 5.74) is 1.15. The molecular weight excluding hydrogens is 397 g/mol. The smallest absolute Gasteiger partial charge is 0.380 e. The van der Waals surface area contributed by atoms with Crippen molar-refractivity contribution in [2.45, 2.75) is 31.5 Å².